The van der Waals surface area contributed by atoms with E-state index in [2.05, 4.69) is 15.5 Å². The van der Waals surface area contributed by atoms with Gasteiger partial charge in [0.1, 0.15) is 12.4 Å². The summed E-state index contributed by atoms with van der Waals surface area (Å²) in [4.78, 5) is 14.6. The molecule has 0 saturated carbocycles. The van der Waals surface area contributed by atoms with E-state index in [-0.39, 0.29) is 18.1 Å². The lowest BCUT2D eigenvalue weighted by atomic mass is 10.0. The molecular formula is C25H25F3N4O4. The number of hydrogen-bond donors (Lipinski definition) is 1. The molecule has 3 aromatic rings. The van der Waals surface area contributed by atoms with Crippen LogP contribution < -0.4 is 14.8 Å². The zero-order valence-corrected chi connectivity index (χ0v) is 19.8. The lowest BCUT2D eigenvalue weighted by molar-refractivity contribution is -0.145. The van der Waals surface area contributed by atoms with Crippen LogP contribution in [-0.2, 0) is 9.53 Å². The molecule has 0 bridgehead atoms. The molecule has 0 radical (unpaired) electrons. The molecule has 1 saturated heterocycles. The van der Waals surface area contributed by atoms with Crippen molar-refractivity contribution in [1.29, 1.82) is 0 Å². The summed E-state index contributed by atoms with van der Waals surface area (Å²) < 4.78 is 58.3. The second kappa shape index (κ2) is 9.81. The number of carbonyl (C=O) groups excluding carboxylic acids is 1. The second-order valence-corrected chi connectivity index (χ2v) is 8.75. The number of anilines is 1. The van der Waals surface area contributed by atoms with Crippen LogP contribution in [0.3, 0.4) is 0 Å². The Morgan fingerprint density at radius 2 is 1.83 bits per heavy atom. The van der Waals surface area contributed by atoms with E-state index in [0.29, 0.717) is 54.7 Å². The van der Waals surface area contributed by atoms with Gasteiger partial charge in [-0.25, -0.2) is 13.2 Å². The van der Waals surface area contributed by atoms with E-state index in [9.17, 15) is 18.0 Å². The third kappa shape index (κ3) is 4.50. The molecule has 8 nitrogen and oxygen atoms in total. The summed E-state index contributed by atoms with van der Waals surface area (Å²) in [5, 5.41) is 12.8. The maximum Gasteiger partial charge on any atom is 0.267 e. The van der Waals surface area contributed by atoms with Crippen LogP contribution in [0.2, 0.25) is 0 Å². The number of aryl methyl sites for hydroxylation is 1. The minimum absolute atomic E-state index is 0.0775. The van der Waals surface area contributed by atoms with Crippen LogP contribution in [0.5, 0.6) is 11.5 Å². The maximum atomic E-state index is 14.7. The van der Waals surface area contributed by atoms with Crippen molar-refractivity contribution in [3.05, 3.63) is 53.0 Å². The number of hydrogen-bond acceptors (Lipinski definition) is 7. The standard InChI is InChI=1S/C25H25F3N4O4/c1-13(15-4-3-5-16(22(15)26)23(27)28)29-24-18-11-20-19(10-17(18)14(2)30-31-24)35-12-21(36-20)25(33)32-6-8-34-9-7-32/h3-5,10-11,13,21,23H,6-9,12H2,1-2H3,(H,29,31). The number of aromatic nitrogens is 2. The molecule has 2 aliphatic rings. The number of nitrogens with zero attached hydrogens (tertiary/aromatic N) is 3. The van der Waals surface area contributed by atoms with Gasteiger partial charge in [-0.1, -0.05) is 18.2 Å². The molecule has 1 amide bonds. The first kappa shape index (κ1) is 24.1. The van der Waals surface area contributed by atoms with E-state index in [0.717, 1.165) is 11.5 Å². The van der Waals surface area contributed by atoms with Gasteiger partial charge < -0.3 is 24.4 Å². The zero-order chi connectivity index (χ0) is 25.4. The summed E-state index contributed by atoms with van der Waals surface area (Å²) in [5.41, 5.74) is 0.0561. The van der Waals surface area contributed by atoms with Gasteiger partial charge in [-0.05, 0) is 26.0 Å². The smallest absolute Gasteiger partial charge is 0.267 e. The van der Waals surface area contributed by atoms with Gasteiger partial charge in [0.25, 0.3) is 12.3 Å². The van der Waals surface area contributed by atoms with Gasteiger partial charge in [0, 0.05) is 29.4 Å². The number of rotatable bonds is 5. The number of nitrogens with one attached hydrogen (secondary N) is 1. The summed E-state index contributed by atoms with van der Waals surface area (Å²) >= 11 is 0. The predicted molar refractivity (Wildman–Crippen MR) is 125 cm³/mol. The van der Waals surface area contributed by atoms with Crippen molar-refractivity contribution in [3.8, 4) is 11.5 Å². The molecule has 2 aliphatic heterocycles. The number of alkyl halides is 2. The summed E-state index contributed by atoms with van der Waals surface area (Å²) in [6, 6.07) is 6.68. The number of carbonyl (C=O) groups is 1. The van der Waals surface area contributed by atoms with E-state index in [1.165, 1.54) is 12.1 Å². The van der Waals surface area contributed by atoms with Crippen molar-refractivity contribution in [2.45, 2.75) is 32.4 Å². The molecule has 5 rings (SSSR count). The first-order chi connectivity index (χ1) is 17.3. The first-order valence-electron chi connectivity index (χ1n) is 11.6. The Morgan fingerprint density at radius 3 is 2.58 bits per heavy atom. The molecule has 0 spiro atoms. The average molecular weight is 502 g/mol. The number of morpholine rings is 1. The fourth-order valence-corrected chi connectivity index (χ4v) is 4.42. The third-order valence-electron chi connectivity index (χ3n) is 6.40. The van der Waals surface area contributed by atoms with Crippen molar-refractivity contribution in [1.82, 2.24) is 15.1 Å². The lowest BCUT2D eigenvalue weighted by Gasteiger charge is -2.32. The maximum absolute atomic E-state index is 14.7. The fraction of sp³-hybridized carbons (Fsp3) is 0.400. The molecule has 2 aromatic carbocycles. The quantitative estimate of drug-likeness (QED) is 0.560. The molecule has 3 heterocycles. The van der Waals surface area contributed by atoms with Crippen LogP contribution in [0, 0.1) is 12.7 Å². The Hall–Kier alpha value is -3.60. The zero-order valence-electron chi connectivity index (χ0n) is 19.8. The van der Waals surface area contributed by atoms with Crippen LogP contribution in [0.4, 0.5) is 19.0 Å². The van der Waals surface area contributed by atoms with Crippen LogP contribution in [0.1, 0.15) is 36.2 Å². The van der Waals surface area contributed by atoms with Gasteiger partial charge in [-0.3, -0.25) is 4.79 Å². The molecule has 2 unspecified atom stereocenters. The molecule has 1 aromatic heterocycles. The Labute approximate surface area is 205 Å². The highest BCUT2D eigenvalue weighted by molar-refractivity contribution is 5.96. The van der Waals surface area contributed by atoms with Crippen LogP contribution in [0.25, 0.3) is 10.8 Å². The Bertz CT molecular complexity index is 1300. The molecule has 1 N–H and O–H groups in total. The van der Waals surface area contributed by atoms with Crippen molar-refractivity contribution in [3.63, 3.8) is 0 Å². The molecular weight excluding hydrogens is 477 g/mol. The molecule has 1 fully saturated rings. The molecule has 0 aliphatic carbocycles. The Balaban J connectivity index is 1.45. The van der Waals surface area contributed by atoms with Crippen molar-refractivity contribution >= 4 is 22.5 Å². The highest BCUT2D eigenvalue weighted by Crippen LogP contribution is 2.39. The van der Waals surface area contributed by atoms with Crippen molar-refractivity contribution < 1.29 is 32.2 Å². The third-order valence-corrected chi connectivity index (χ3v) is 6.40. The highest BCUT2D eigenvalue weighted by atomic mass is 19.3. The van der Waals surface area contributed by atoms with Gasteiger partial charge in [-0.15, -0.1) is 5.10 Å². The van der Waals surface area contributed by atoms with Gasteiger partial charge in [-0.2, -0.15) is 5.10 Å². The molecule has 190 valence electrons. The summed E-state index contributed by atoms with van der Waals surface area (Å²) in [5.74, 6) is 0.0246. The van der Waals surface area contributed by atoms with E-state index >= 15 is 0 Å². The topological polar surface area (TPSA) is 85.8 Å². The van der Waals surface area contributed by atoms with Crippen LogP contribution in [0.15, 0.2) is 30.3 Å². The Kier molecular flexibility index (Phi) is 6.57. The van der Waals surface area contributed by atoms with Crippen LogP contribution >= 0.6 is 0 Å². The SMILES string of the molecule is Cc1nnc(NC(C)c2cccc(C(F)F)c2F)c2cc3c(cc12)OCC(C(=O)N1CCOCC1)O3. The van der Waals surface area contributed by atoms with Gasteiger partial charge in [0.15, 0.2) is 17.3 Å². The minimum atomic E-state index is -2.92. The number of halogens is 3. The van der Waals surface area contributed by atoms with Gasteiger partial charge in [0.05, 0.1) is 30.5 Å². The summed E-state index contributed by atoms with van der Waals surface area (Å²) in [6.07, 6.45) is -3.72. The molecule has 2 atom stereocenters. The highest BCUT2D eigenvalue weighted by Gasteiger charge is 2.32. The normalized spacial score (nSPS) is 18.4. The predicted octanol–water partition coefficient (Wildman–Crippen LogP) is 4.19. The fourth-order valence-electron chi connectivity index (χ4n) is 4.42. The minimum Gasteiger partial charge on any atom is -0.485 e. The van der Waals surface area contributed by atoms with Crippen molar-refractivity contribution in [2.24, 2.45) is 0 Å². The van der Waals surface area contributed by atoms with Crippen LogP contribution in [-0.4, -0.2) is 60.0 Å². The number of benzene rings is 2. The first-order valence-corrected chi connectivity index (χ1v) is 11.6. The molecule has 11 heteroatoms. The largest absolute Gasteiger partial charge is 0.485 e. The Morgan fingerprint density at radius 1 is 1.11 bits per heavy atom. The van der Waals surface area contributed by atoms with E-state index in [4.69, 9.17) is 14.2 Å². The number of ether oxygens (including phenoxy) is 3. The number of amides is 1. The van der Waals surface area contributed by atoms with E-state index < -0.39 is 30.0 Å². The van der Waals surface area contributed by atoms with Crippen molar-refractivity contribution in [2.75, 3.05) is 38.2 Å². The average Bonchev–Trinajstić information content (AvgIpc) is 2.89. The monoisotopic (exact) mass is 502 g/mol. The lowest BCUT2D eigenvalue weighted by Crippen LogP contribution is -2.50. The molecule has 36 heavy (non-hydrogen) atoms. The summed E-state index contributed by atoms with van der Waals surface area (Å²) in [7, 11) is 0. The van der Waals surface area contributed by atoms with E-state index in [1.54, 1.807) is 30.9 Å². The van der Waals surface area contributed by atoms with E-state index in [1.807, 2.05) is 0 Å². The summed E-state index contributed by atoms with van der Waals surface area (Å²) in [6.45, 7) is 5.46. The number of fused-ring (bicyclic) bond motifs is 2. The van der Waals surface area contributed by atoms with Gasteiger partial charge >= 0.3 is 0 Å². The second-order valence-electron chi connectivity index (χ2n) is 8.75. The van der Waals surface area contributed by atoms with Gasteiger partial charge in [0.2, 0.25) is 6.10 Å².